The van der Waals surface area contributed by atoms with Crippen LogP contribution in [0.1, 0.15) is 0 Å². The van der Waals surface area contributed by atoms with Gasteiger partial charge in [-0.2, -0.15) is 5.26 Å². The van der Waals surface area contributed by atoms with Crippen molar-refractivity contribution >= 4 is 34.9 Å². The third kappa shape index (κ3) is 3.93. The van der Waals surface area contributed by atoms with Gasteiger partial charge in [-0.1, -0.05) is 0 Å². The molecule has 0 aliphatic heterocycles. The average Bonchev–Trinajstić information content (AvgIpc) is 2.44. The van der Waals surface area contributed by atoms with Crippen LogP contribution in [0.4, 0.5) is 21.9 Å². The second-order valence-corrected chi connectivity index (χ2v) is 4.78. The van der Waals surface area contributed by atoms with E-state index in [0.29, 0.717) is 17.1 Å². The van der Waals surface area contributed by atoms with Crippen LogP contribution < -0.4 is 16.4 Å². The van der Waals surface area contributed by atoms with Gasteiger partial charge in [0.25, 0.3) is 0 Å². The Balaban J connectivity index is 1.94. The van der Waals surface area contributed by atoms with Crippen LogP contribution in [0.3, 0.4) is 0 Å². The number of carbonyl (C=O) groups is 1. The van der Waals surface area contributed by atoms with Gasteiger partial charge in [0.05, 0.1) is 0 Å². The fraction of sp³-hybridized carbons (Fsp3) is 0. The normalized spacial score (nSPS) is 9.55. The maximum atomic E-state index is 11.8. The monoisotopic (exact) mass is 284 g/mol. The molecule has 2 rings (SSSR count). The smallest absolute Gasteiger partial charge is 0.323 e. The Labute approximate surface area is 120 Å². The summed E-state index contributed by atoms with van der Waals surface area (Å²) in [6, 6.07) is 13.6. The Hall–Kier alpha value is -2.65. The van der Waals surface area contributed by atoms with Crippen LogP contribution in [0.25, 0.3) is 0 Å². The number of carbonyl (C=O) groups excluding carboxylic acids is 1. The lowest BCUT2D eigenvalue weighted by Gasteiger charge is -2.08. The van der Waals surface area contributed by atoms with Crippen LogP contribution in [0.15, 0.2) is 53.4 Å². The number of nitrogen functional groups attached to an aromatic ring is 1. The zero-order valence-corrected chi connectivity index (χ0v) is 11.3. The summed E-state index contributed by atoms with van der Waals surface area (Å²) in [5.74, 6) is 0. The minimum absolute atomic E-state index is 0.338. The minimum atomic E-state index is -0.338. The molecule has 2 aromatic carbocycles. The minimum Gasteiger partial charge on any atom is -0.399 e. The van der Waals surface area contributed by atoms with E-state index in [4.69, 9.17) is 11.0 Å². The Morgan fingerprint density at radius 2 is 1.50 bits per heavy atom. The zero-order valence-electron chi connectivity index (χ0n) is 10.5. The molecular formula is C14H12N4OS. The van der Waals surface area contributed by atoms with Gasteiger partial charge in [-0.15, -0.1) is 0 Å². The third-order valence-electron chi connectivity index (χ3n) is 2.44. The summed E-state index contributed by atoms with van der Waals surface area (Å²) in [5.41, 5.74) is 7.52. The van der Waals surface area contributed by atoms with E-state index < -0.39 is 0 Å². The van der Waals surface area contributed by atoms with E-state index >= 15 is 0 Å². The van der Waals surface area contributed by atoms with Gasteiger partial charge in [0.1, 0.15) is 5.40 Å². The van der Waals surface area contributed by atoms with Gasteiger partial charge in [-0.25, -0.2) is 4.79 Å². The summed E-state index contributed by atoms with van der Waals surface area (Å²) in [6.45, 7) is 0. The lowest BCUT2D eigenvalue weighted by molar-refractivity contribution is 0.262. The van der Waals surface area contributed by atoms with Crippen molar-refractivity contribution in [3.8, 4) is 5.40 Å². The summed E-state index contributed by atoms with van der Waals surface area (Å²) in [5, 5.41) is 15.9. The average molecular weight is 284 g/mol. The van der Waals surface area contributed by atoms with Crippen LogP contribution in [0.2, 0.25) is 0 Å². The van der Waals surface area contributed by atoms with Gasteiger partial charge in [0, 0.05) is 22.0 Å². The molecule has 0 bridgehead atoms. The number of urea groups is 1. The molecule has 0 spiro atoms. The topological polar surface area (TPSA) is 90.9 Å². The molecule has 0 aliphatic carbocycles. The van der Waals surface area contributed by atoms with Gasteiger partial charge in [-0.3, -0.25) is 0 Å². The Bertz CT molecular complexity index is 632. The largest absolute Gasteiger partial charge is 0.399 e. The molecule has 4 N–H and O–H groups in total. The maximum Gasteiger partial charge on any atom is 0.323 e. The van der Waals surface area contributed by atoms with Gasteiger partial charge in [-0.05, 0) is 60.3 Å². The quantitative estimate of drug-likeness (QED) is 0.457. The number of thioether (sulfide) groups is 1. The van der Waals surface area contributed by atoms with Crippen molar-refractivity contribution in [2.45, 2.75) is 4.90 Å². The van der Waals surface area contributed by atoms with Crippen molar-refractivity contribution in [1.29, 1.82) is 5.26 Å². The van der Waals surface area contributed by atoms with Crippen LogP contribution in [-0.2, 0) is 0 Å². The van der Waals surface area contributed by atoms with Crippen molar-refractivity contribution in [2.24, 2.45) is 0 Å². The molecule has 100 valence electrons. The number of nitriles is 1. The lowest BCUT2D eigenvalue weighted by atomic mass is 10.3. The van der Waals surface area contributed by atoms with E-state index in [1.54, 1.807) is 48.5 Å². The van der Waals surface area contributed by atoms with E-state index in [0.717, 1.165) is 16.7 Å². The number of nitrogens with zero attached hydrogens (tertiary/aromatic N) is 1. The number of benzene rings is 2. The molecule has 6 heteroatoms. The fourth-order valence-corrected chi connectivity index (χ4v) is 1.90. The van der Waals surface area contributed by atoms with Crippen molar-refractivity contribution in [1.82, 2.24) is 0 Å². The summed E-state index contributed by atoms with van der Waals surface area (Å²) in [6.07, 6.45) is 0. The first kappa shape index (κ1) is 13.8. The first-order valence-electron chi connectivity index (χ1n) is 5.77. The molecular weight excluding hydrogens is 272 g/mol. The maximum absolute atomic E-state index is 11.8. The number of hydrogen-bond donors (Lipinski definition) is 3. The Morgan fingerprint density at radius 3 is 2.00 bits per heavy atom. The first-order valence-corrected chi connectivity index (χ1v) is 6.58. The molecule has 0 radical (unpaired) electrons. The molecule has 0 aliphatic rings. The van der Waals surface area contributed by atoms with Crippen molar-refractivity contribution in [3.63, 3.8) is 0 Å². The highest BCUT2D eigenvalue weighted by Crippen LogP contribution is 2.19. The number of nitrogens with one attached hydrogen (secondary N) is 2. The van der Waals surface area contributed by atoms with Crippen molar-refractivity contribution < 1.29 is 4.79 Å². The van der Waals surface area contributed by atoms with Crippen LogP contribution in [-0.4, -0.2) is 6.03 Å². The molecule has 2 aromatic rings. The summed E-state index contributed by atoms with van der Waals surface area (Å²) in [4.78, 5) is 12.6. The van der Waals surface area contributed by atoms with E-state index in [1.165, 1.54) is 0 Å². The number of anilines is 3. The Morgan fingerprint density at radius 1 is 1.00 bits per heavy atom. The highest BCUT2D eigenvalue weighted by atomic mass is 32.2. The summed E-state index contributed by atoms with van der Waals surface area (Å²) in [7, 11) is 0. The molecule has 0 atom stereocenters. The second-order valence-electron chi connectivity index (χ2n) is 3.92. The molecule has 0 unspecified atom stereocenters. The van der Waals surface area contributed by atoms with Crippen LogP contribution in [0, 0.1) is 10.7 Å². The van der Waals surface area contributed by atoms with Gasteiger partial charge >= 0.3 is 6.03 Å². The molecule has 0 heterocycles. The van der Waals surface area contributed by atoms with Crippen molar-refractivity contribution in [3.05, 3.63) is 48.5 Å². The zero-order chi connectivity index (χ0) is 14.4. The molecule has 2 amide bonds. The predicted octanol–water partition coefficient (Wildman–Crippen LogP) is 3.49. The highest BCUT2D eigenvalue weighted by Gasteiger charge is 2.02. The van der Waals surface area contributed by atoms with Gasteiger partial charge in [0.15, 0.2) is 0 Å². The first-order chi connectivity index (χ1) is 9.67. The highest BCUT2D eigenvalue weighted by molar-refractivity contribution is 8.03. The predicted molar refractivity (Wildman–Crippen MR) is 81.4 cm³/mol. The van der Waals surface area contributed by atoms with Crippen LogP contribution >= 0.6 is 11.8 Å². The van der Waals surface area contributed by atoms with Crippen LogP contribution in [0.5, 0.6) is 0 Å². The lowest BCUT2D eigenvalue weighted by Crippen LogP contribution is -2.19. The van der Waals surface area contributed by atoms with E-state index in [-0.39, 0.29) is 6.03 Å². The second kappa shape index (κ2) is 6.50. The fourth-order valence-electron chi connectivity index (χ4n) is 1.52. The molecule has 0 saturated carbocycles. The third-order valence-corrected chi connectivity index (χ3v) is 3.04. The van der Waals surface area contributed by atoms with Crippen molar-refractivity contribution in [2.75, 3.05) is 16.4 Å². The molecule has 5 nitrogen and oxygen atoms in total. The Kier molecular flexibility index (Phi) is 4.47. The van der Waals surface area contributed by atoms with E-state index in [2.05, 4.69) is 10.6 Å². The number of thiocyanates is 1. The molecule has 0 fully saturated rings. The SMILES string of the molecule is N#CSc1ccc(NC(=O)Nc2ccc(N)cc2)cc1. The standard InChI is InChI=1S/C14H12N4OS/c15-9-20-13-7-5-12(6-8-13)18-14(19)17-11-3-1-10(16)2-4-11/h1-8H,16H2,(H2,17,18,19). The molecule has 20 heavy (non-hydrogen) atoms. The number of amides is 2. The summed E-state index contributed by atoms with van der Waals surface area (Å²) < 4.78 is 0. The van der Waals surface area contributed by atoms with Gasteiger partial charge in [0.2, 0.25) is 0 Å². The number of nitrogens with two attached hydrogens (primary N) is 1. The number of rotatable bonds is 3. The molecule has 0 saturated heterocycles. The van der Waals surface area contributed by atoms with Gasteiger partial charge < -0.3 is 16.4 Å². The van der Waals surface area contributed by atoms with E-state index in [9.17, 15) is 4.79 Å². The van der Waals surface area contributed by atoms with E-state index in [1.807, 2.05) is 5.40 Å². The molecule has 0 aromatic heterocycles. The number of hydrogen-bond acceptors (Lipinski definition) is 4. The summed E-state index contributed by atoms with van der Waals surface area (Å²) >= 11 is 1.07.